The van der Waals surface area contributed by atoms with Crippen LogP contribution in [0, 0.1) is 12.7 Å². The number of halogens is 1. The van der Waals surface area contributed by atoms with Crippen LogP contribution in [0.2, 0.25) is 0 Å². The molecule has 0 atom stereocenters. The molecule has 0 amide bonds. The van der Waals surface area contributed by atoms with E-state index in [1.807, 2.05) is 10.9 Å². The third-order valence-corrected chi connectivity index (χ3v) is 3.10. The van der Waals surface area contributed by atoms with E-state index in [1.165, 1.54) is 6.07 Å². The van der Waals surface area contributed by atoms with Gasteiger partial charge in [-0.05, 0) is 30.7 Å². The molecule has 1 aliphatic rings. The van der Waals surface area contributed by atoms with E-state index in [9.17, 15) is 4.39 Å². The first-order valence-corrected chi connectivity index (χ1v) is 5.63. The van der Waals surface area contributed by atoms with Crippen molar-refractivity contribution in [3.63, 3.8) is 0 Å². The average molecular weight is 232 g/mol. The molecular formula is C12H13FN4. The Balaban J connectivity index is 1.92. The van der Waals surface area contributed by atoms with Crippen molar-refractivity contribution in [2.45, 2.75) is 13.0 Å². The molecule has 0 bridgehead atoms. The first-order chi connectivity index (χ1) is 8.24. The average Bonchev–Trinajstić information content (AvgIpc) is 2.69. The zero-order valence-electron chi connectivity index (χ0n) is 9.52. The van der Waals surface area contributed by atoms with Crippen LogP contribution < -0.4 is 5.32 Å². The minimum absolute atomic E-state index is 0.190. The maximum atomic E-state index is 13.2. The van der Waals surface area contributed by atoms with Gasteiger partial charge in [0.1, 0.15) is 11.5 Å². The van der Waals surface area contributed by atoms with Crippen molar-refractivity contribution < 1.29 is 4.39 Å². The molecule has 1 aromatic heterocycles. The standard InChI is InChI=1S/C12H13FN4/c1-8-4-9(2-3-11(8)13)12-7-17(16-15-12)10-5-14-6-10/h2-4,7,10,14H,5-6H2,1H3. The molecule has 3 rings (SSSR count). The topological polar surface area (TPSA) is 42.7 Å². The third-order valence-electron chi connectivity index (χ3n) is 3.10. The van der Waals surface area contributed by atoms with Gasteiger partial charge in [0.2, 0.25) is 0 Å². The van der Waals surface area contributed by atoms with Gasteiger partial charge in [-0.3, -0.25) is 0 Å². The van der Waals surface area contributed by atoms with E-state index >= 15 is 0 Å². The maximum absolute atomic E-state index is 13.2. The first-order valence-electron chi connectivity index (χ1n) is 5.63. The Morgan fingerprint density at radius 1 is 1.41 bits per heavy atom. The molecule has 1 saturated heterocycles. The minimum Gasteiger partial charge on any atom is -0.312 e. The van der Waals surface area contributed by atoms with Crippen molar-refractivity contribution in [3.05, 3.63) is 35.8 Å². The van der Waals surface area contributed by atoms with E-state index in [-0.39, 0.29) is 5.82 Å². The lowest BCUT2D eigenvalue weighted by molar-refractivity contribution is 0.313. The lowest BCUT2D eigenvalue weighted by Crippen LogP contribution is -2.43. The second-order valence-corrected chi connectivity index (χ2v) is 4.36. The molecule has 1 aromatic carbocycles. The molecule has 2 aromatic rings. The van der Waals surface area contributed by atoms with E-state index in [4.69, 9.17) is 0 Å². The second-order valence-electron chi connectivity index (χ2n) is 4.36. The predicted molar refractivity (Wildman–Crippen MR) is 62.1 cm³/mol. The second kappa shape index (κ2) is 3.92. The van der Waals surface area contributed by atoms with Crippen LogP contribution in [0.25, 0.3) is 11.3 Å². The zero-order valence-corrected chi connectivity index (χ0v) is 9.52. The largest absolute Gasteiger partial charge is 0.312 e. The van der Waals surface area contributed by atoms with Gasteiger partial charge in [-0.25, -0.2) is 9.07 Å². The first kappa shape index (κ1) is 10.4. The van der Waals surface area contributed by atoms with Gasteiger partial charge >= 0.3 is 0 Å². The number of aryl methyl sites for hydroxylation is 1. The lowest BCUT2D eigenvalue weighted by Gasteiger charge is -2.26. The van der Waals surface area contributed by atoms with Crippen LogP contribution in [0.5, 0.6) is 0 Å². The lowest BCUT2D eigenvalue weighted by atomic mass is 10.1. The van der Waals surface area contributed by atoms with Gasteiger partial charge in [-0.2, -0.15) is 0 Å². The van der Waals surface area contributed by atoms with Gasteiger partial charge in [0.15, 0.2) is 0 Å². The number of nitrogens with zero attached hydrogens (tertiary/aromatic N) is 3. The Morgan fingerprint density at radius 2 is 2.24 bits per heavy atom. The Hall–Kier alpha value is -1.75. The van der Waals surface area contributed by atoms with E-state index in [0.717, 1.165) is 24.3 Å². The molecule has 2 heterocycles. The summed E-state index contributed by atoms with van der Waals surface area (Å²) >= 11 is 0. The molecule has 0 radical (unpaired) electrons. The molecular weight excluding hydrogens is 219 g/mol. The number of hydrogen-bond donors (Lipinski definition) is 1. The van der Waals surface area contributed by atoms with Gasteiger partial charge < -0.3 is 5.32 Å². The van der Waals surface area contributed by atoms with Gasteiger partial charge in [0.25, 0.3) is 0 Å². The van der Waals surface area contributed by atoms with Crippen molar-refractivity contribution >= 4 is 0 Å². The van der Waals surface area contributed by atoms with E-state index < -0.39 is 0 Å². The maximum Gasteiger partial charge on any atom is 0.126 e. The molecule has 0 aliphatic carbocycles. The molecule has 0 saturated carbocycles. The Morgan fingerprint density at radius 3 is 2.88 bits per heavy atom. The third kappa shape index (κ3) is 1.82. The molecule has 88 valence electrons. The number of hydrogen-bond acceptors (Lipinski definition) is 3. The highest BCUT2D eigenvalue weighted by atomic mass is 19.1. The monoisotopic (exact) mass is 232 g/mol. The molecule has 1 N–H and O–H groups in total. The predicted octanol–water partition coefficient (Wildman–Crippen LogP) is 1.54. The quantitative estimate of drug-likeness (QED) is 0.854. The minimum atomic E-state index is -0.190. The number of nitrogens with one attached hydrogen (secondary N) is 1. The van der Waals surface area contributed by atoms with Crippen LogP contribution in [-0.2, 0) is 0 Å². The van der Waals surface area contributed by atoms with Crippen molar-refractivity contribution in [1.29, 1.82) is 0 Å². The van der Waals surface area contributed by atoms with Crippen molar-refractivity contribution in [2.24, 2.45) is 0 Å². The number of benzene rings is 1. The molecule has 0 spiro atoms. The van der Waals surface area contributed by atoms with Gasteiger partial charge in [-0.15, -0.1) is 5.10 Å². The molecule has 17 heavy (non-hydrogen) atoms. The van der Waals surface area contributed by atoms with Gasteiger partial charge in [-0.1, -0.05) is 5.21 Å². The fourth-order valence-electron chi connectivity index (χ4n) is 1.85. The molecule has 1 aliphatic heterocycles. The van der Waals surface area contributed by atoms with Gasteiger partial charge in [0.05, 0.1) is 12.2 Å². The Kier molecular flexibility index (Phi) is 2.40. The highest BCUT2D eigenvalue weighted by molar-refractivity contribution is 5.58. The van der Waals surface area contributed by atoms with Crippen LogP contribution in [0.3, 0.4) is 0 Å². The van der Waals surface area contributed by atoms with Crippen LogP contribution >= 0.6 is 0 Å². The van der Waals surface area contributed by atoms with Crippen LogP contribution in [0.15, 0.2) is 24.4 Å². The number of rotatable bonds is 2. The van der Waals surface area contributed by atoms with Gasteiger partial charge in [0, 0.05) is 18.7 Å². The SMILES string of the molecule is Cc1cc(-c2cn(C3CNC3)nn2)ccc1F. The van der Waals surface area contributed by atoms with E-state index in [2.05, 4.69) is 15.6 Å². The normalized spacial score (nSPS) is 15.9. The fourth-order valence-corrected chi connectivity index (χ4v) is 1.85. The molecule has 5 heteroatoms. The van der Waals surface area contributed by atoms with Crippen LogP contribution in [0.1, 0.15) is 11.6 Å². The van der Waals surface area contributed by atoms with Crippen molar-refractivity contribution in [2.75, 3.05) is 13.1 Å². The van der Waals surface area contributed by atoms with E-state index in [1.54, 1.807) is 19.1 Å². The summed E-state index contributed by atoms with van der Waals surface area (Å²) in [5.41, 5.74) is 2.32. The van der Waals surface area contributed by atoms with E-state index in [0.29, 0.717) is 11.6 Å². The van der Waals surface area contributed by atoms with Crippen molar-refractivity contribution in [3.8, 4) is 11.3 Å². The fraction of sp³-hybridized carbons (Fsp3) is 0.333. The smallest absolute Gasteiger partial charge is 0.126 e. The molecule has 1 fully saturated rings. The zero-order chi connectivity index (χ0) is 11.8. The van der Waals surface area contributed by atoms with Crippen LogP contribution in [-0.4, -0.2) is 28.1 Å². The summed E-state index contributed by atoms with van der Waals surface area (Å²) < 4.78 is 15.0. The highest BCUT2D eigenvalue weighted by Gasteiger charge is 2.20. The summed E-state index contributed by atoms with van der Waals surface area (Å²) in [5, 5.41) is 11.4. The summed E-state index contributed by atoms with van der Waals surface area (Å²) in [7, 11) is 0. The van der Waals surface area contributed by atoms with Crippen molar-refractivity contribution in [1.82, 2.24) is 20.3 Å². The number of aromatic nitrogens is 3. The highest BCUT2D eigenvalue weighted by Crippen LogP contribution is 2.21. The summed E-state index contributed by atoms with van der Waals surface area (Å²) in [6, 6.07) is 5.39. The van der Waals surface area contributed by atoms with Crippen LogP contribution in [0.4, 0.5) is 4.39 Å². The Labute approximate surface area is 98.5 Å². The summed E-state index contributed by atoms with van der Waals surface area (Å²) in [6.45, 7) is 3.62. The summed E-state index contributed by atoms with van der Waals surface area (Å²) in [6.07, 6.45) is 1.91. The Bertz CT molecular complexity index is 545. The molecule has 0 unspecified atom stereocenters. The summed E-state index contributed by atoms with van der Waals surface area (Å²) in [4.78, 5) is 0. The summed E-state index contributed by atoms with van der Waals surface area (Å²) in [5.74, 6) is -0.190. The molecule has 4 nitrogen and oxygen atoms in total.